The molecule has 0 fully saturated rings. The second-order valence-electron chi connectivity index (χ2n) is 9.04. The fraction of sp³-hybridized carbons (Fsp3) is 0.333. The molecule has 3 heterocycles. The number of anilines is 1. The van der Waals surface area contributed by atoms with Crippen molar-refractivity contribution in [3.63, 3.8) is 0 Å². The zero-order valence-electron chi connectivity index (χ0n) is 20.6. The van der Waals surface area contributed by atoms with Gasteiger partial charge in [0.05, 0.1) is 6.20 Å². The SMILES string of the molecule is CN1C(=O)CCCc2ccc(C#CC(C)(C)O)cc21.Cc1cccc(Cc2cnn(C(N)=O)c2)n1. The summed E-state index contributed by atoms with van der Waals surface area (Å²) in [5.74, 6) is 5.89. The van der Waals surface area contributed by atoms with Gasteiger partial charge in [-0.05, 0) is 69.0 Å². The number of hydrogen-bond acceptors (Lipinski definition) is 5. The van der Waals surface area contributed by atoms with E-state index >= 15 is 0 Å². The van der Waals surface area contributed by atoms with Gasteiger partial charge in [-0.2, -0.15) is 9.78 Å². The molecule has 0 spiro atoms. The summed E-state index contributed by atoms with van der Waals surface area (Å²) >= 11 is 0. The van der Waals surface area contributed by atoms with Crippen LogP contribution in [0.5, 0.6) is 0 Å². The number of carbonyl (C=O) groups excluding carboxylic acids is 2. The van der Waals surface area contributed by atoms with Crippen LogP contribution in [0.4, 0.5) is 10.5 Å². The van der Waals surface area contributed by atoms with Gasteiger partial charge in [0.1, 0.15) is 5.60 Å². The molecular formula is C27H31N5O3. The Morgan fingerprint density at radius 3 is 2.66 bits per heavy atom. The van der Waals surface area contributed by atoms with Gasteiger partial charge >= 0.3 is 6.03 Å². The minimum atomic E-state index is -1.01. The van der Waals surface area contributed by atoms with Crippen LogP contribution in [-0.4, -0.2) is 44.5 Å². The number of aliphatic hydroxyl groups is 1. The van der Waals surface area contributed by atoms with E-state index in [1.807, 2.05) is 43.3 Å². The van der Waals surface area contributed by atoms with E-state index in [1.54, 1.807) is 38.2 Å². The summed E-state index contributed by atoms with van der Waals surface area (Å²) in [5.41, 5.74) is 9.86. The van der Waals surface area contributed by atoms with Gasteiger partial charge in [-0.15, -0.1) is 0 Å². The molecule has 0 radical (unpaired) electrons. The van der Waals surface area contributed by atoms with E-state index in [2.05, 4.69) is 21.9 Å². The molecule has 0 aliphatic carbocycles. The number of benzene rings is 1. The van der Waals surface area contributed by atoms with Crippen LogP contribution in [0.2, 0.25) is 0 Å². The van der Waals surface area contributed by atoms with Crippen LogP contribution in [0.3, 0.4) is 0 Å². The predicted molar refractivity (Wildman–Crippen MR) is 135 cm³/mol. The van der Waals surface area contributed by atoms with E-state index in [0.717, 1.165) is 45.7 Å². The van der Waals surface area contributed by atoms with Gasteiger partial charge in [0, 0.05) is 48.7 Å². The molecule has 2 aromatic heterocycles. The molecule has 0 saturated heterocycles. The molecular weight excluding hydrogens is 442 g/mol. The van der Waals surface area contributed by atoms with Gasteiger partial charge in [0.2, 0.25) is 5.91 Å². The number of amides is 2. The van der Waals surface area contributed by atoms with Crippen LogP contribution in [0.25, 0.3) is 0 Å². The van der Waals surface area contributed by atoms with Crippen molar-refractivity contribution < 1.29 is 14.7 Å². The highest BCUT2D eigenvalue weighted by Crippen LogP contribution is 2.27. The summed E-state index contributed by atoms with van der Waals surface area (Å²) in [6, 6.07) is 11.2. The second kappa shape index (κ2) is 11.0. The van der Waals surface area contributed by atoms with Gasteiger partial charge in [-0.25, -0.2) is 4.79 Å². The molecule has 182 valence electrons. The van der Waals surface area contributed by atoms with Gasteiger partial charge in [-0.3, -0.25) is 9.78 Å². The molecule has 35 heavy (non-hydrogen) atoms. The smallest absolute Gasteiger partial charge is 0.339 e. The number of nitrogens with two attached hydrogens (primary N) is 1. The molecule has 0 bridgehead atoms. The third-order valence-corrected chi connectivity index (χ3v) is 5.36. The van der Waals surface area contributed by atoms with Crippen LogP contribution in [0.15, 0.2) is 48.8 Å². The summed E-state index contributed by atoms with van der Waals surface area (Å²) in [6.45, 7) is 5.24. The molecule has 1 aromatic carbocycles. The van der Waals surface area contributed by atoms with Crippen LogP contribution >= 0.6 is 0 Å². The van der Waals surface area contributed by atoms with Gasteiger partial charge < -0.3 is 15.7 Å². The first-order valence-electron chi connectivity index (χ1n) is 11.4. The van der Waals surface area contributed by atoms with Gasteiger partial charge in [0.15, 0.2) is 0 Å². The van der Waals surface area contributed by atoms with Crippen LogP contribution in [0, 0.1) is 18.8 Å². The zero-order valence-corrected chi connectivity index (χ0v) is 20.6. The number of rotatable bonds is 2. The Hall–Kier alpha value is -3.96. The minimum absolute atomic E-state index is 0.145. The Balaban J connectivity index is 0.000000198. The van der Waals surface area contributed by atoms with Crippen molar-refractivity contribution in [3.05, 3.63) is 76.9 Å². The van der Waals surface area contributed by atoms with Crippen LogP contribution < -0.4 is 10.6 Å². The van der Waals surface area contributed by atoms with E-state index in [9.17, 15) is 14.7 Å². The lowest BCUT2D eigenvalue weighted by Crippen LogP contribution is -2.25. The Morgan fingerprint density at radius 2 is 2.00 bits per heavy atom. The molecule has 0 atom stereocenters. The highest BCUT2D eigenvalue weighted by molar-refractivity contribution is 5.94. The van der Waals surface area contributed by atoms with Crippen molar-refractivity contribution in [3.8, 4) is 11.8 Å². The molecule has 0 saturated carbocycles. The van der Waals surface area contributed by atoms with Crippen molar-refractivity contribution >= 4 is 17.6 Å². The standard InChI is InChI=1S/C16H19NO2.C11H12N4O/c1-16(2,19)10-9-12-7-8-13-5-4-6-15(18)17(3)14(13)11-12;1-8-3-2-4-10(14-8)5-9-6-13-15(7-9)11(12)16/h7-8,11,19H,4-6H2,1-3H3;2-4,6-7H,5H2,1H3,(H2,12,16). The maximum Gasteiger partial charge on any atom is 0.339 e. The van der Waals surface area contributed by atoms with Gasteiger partial charge in [-0.1, -0.05) is 24.0 Å². The van der Waals surface area contributed by atoms with E-state index in [1.165, 1.54) is 5.56 Å². The minimum Gasteiger partial charge on any atom is -0.378 e. The van der Waals surface area contributed by atoms with Gasteiger partial charge in [0.25, 0.3) is 0 Å². The Morgan fingerprint density at radius 1 is 1.23 bits per heavy atom. The summed E-state index contributed by atoms with van der Waals surface area (Å²) < 4.78 is 1.12. The number of primary amides is 1. The number of pyridine rings is 1. The van der Waals surface area contributed by atoms with Crippen LogP contribution in [-0.2, 0) is 17.6 Å². The average Bonchev–Trinajstić information content (AvgIpc) is 3.21. The second-order valence-corrected chi connectivity index (χ2v) is 9.04. The van der Waals surface area contributed by atoms with Crippen molar-refractivity contribution in [2.45, 2.75) is 52.1 Å². The predicted octanol–water partition coefficient (Wildman–Crippen LogP) is 3.21. The normalized spacial score (nSPS) is 13.1. The number of aromatic nitrogens is 3. The van der Waals surface area contributed by atoms with E-state index in [-0.39, 0.29) is 5.91 Å². The quantitative estimate of drug-likeness (QED) is 0.555. The summed E-state index contributed by atoms with van der Waals surface area (Å²) in [5, 5.41) is 13.5. The fourth-order valence-electron chi connectivity index (χ4n) is 3.60. The van der Waals surface area contributed by atoms with Crippen molar-refractivity contribution in [2.75, 3.05) is 11.9 Å². The Bertz CT molecular complexity index is 1280. The topological polar surface area (TPSA) is 114 Å². The number of carbonyl (C=O) groups is 2. The Kier molecular flexibility index (Phi) is 8.05. The largest absolute Gasteiger partial charge is 0.378 e. The number of nitrogens with zero attached hydrogens (tertiary/aromatic N) is 4. The lowest BCUT2D eigenvalue weighted by atomic mass is 10.0. The molecule has 3 N–H and O–H groups in total. The fourth-order valence-corrected chi connectivity index (χ4v) is 3.60. The number of hydrogen-bond donors (Lipinski definition) is 2. The van der Waals surface area contributed by atoms with Crippen LogP contribution in [0.1, 0.15) is 54.8 Å². The molecule has 3 aromatic rings. The molecule has 2 amide bonds. The highest BCUT2D eigenvalue weighted by Gasteiger charge is 2.18. The van der Waals surface area contributed by atoms with Crippen molar-refractivity contribution in [1.29, 1.82) is 0 Å². The molecule has 1 aliphatic rings. The van der Waals surface area contributed by atoms with E-state index in [4.69, 9.17) is 5.73 Å². The number of aryl methyl sites for hydroxylation is 2. The zero-order chi connectivity index (χ0) is 25.6. The molecule has 8 heteroatoms. The summed E-state index contributed by atoms with van der Waals surface area (Å²) in [7, 11) is 1.81. The lowest BCUT2D eigenvalue weighted by molar-refractivity contribution is -0.118. The molecule has 4 rings (SSSR count). The summed E-state index contributed by atoms with van der Waals surface area (Å²) in [6.07, 6.45) is 6.29. The van der Waals surface area contributed by atoms with Crippen molar-refractivity contribution in [2.24, 2.45) is 5.73 Å². The van der Waals surface area contributed by atoms with Crippen molar-refractivity contribution in [1.82, 2.24) is 14.8 Å². The molecule has 0 unspecified atom stereocenters. The first kappa shape index (κ1) is 25.7. The lowest BCUT2D eigenvalue weighted by Gasteiger charge is -2.17. The monoisotopic (exact) mass is 473 g/mol. The highest BCUT2D eigenvalue weighted by atomic mass is 16.3. The maximum atomic E-state index is 11.9. The first-order chi connectivity index (χ1) is 16.5. The average molecular weight is 474 g/mol. The Labute approximate surface area is 205 Å². The summed E-state index contributed by atoms with van der Waals surface area (Å²) in [4.78, 5) is 28.8. The number of fused-ring (bicyclic) bond motifs is 1. The maximum absolute atomic E-state index is 11.9. The third-order valence-electron chi connectivity index (χ3n) is 5.36. The third kappa shape index (κ3) is 7.52. The molecule has 1 aliphatic heterocycles. The van der Waals surface area contributed by atoms with E-state index < -0.39 is 11.6 Å². The molecule has 8 nitrogen and oxygen atoms in total. The first-order valence-corrected chi connectivity index (χ1v) is 11.4. The van der Waals surface area contributed by atoms with E-state index in [0.29, 0.717) is 12.8 Å².